The van der Waals surface area contributed by atoms with E-state index in [-0.39, 0.29) is 21.8 Å². The van der Waals surface area contributed by atoms with Crippen molar-refractivity contribution in [3.8, 4) is 0 Å². The largest absolute Gasteiger partial charge is 0.380 e. The zero-order valence-corrected chi connectivity index (χ0v) is 11.7. The first-order valence-electron chi connectivity index (χ1n) is 5.75. The standard InChI is InChI=1S/C10H15ClN4O3S/c11-9-4-8(5-13-10(9)14-12)19(16,17)15-7-2-1-3-18-6-7/h4-5,7,15H,1-3,6,12H2,(H,13,14). The molecule has 19 heavy (non-hydrogen) atoms. The van der Waals surface area contributed by atoms with Crippen molar-refractivity contribution in [2.75, 3.05) is 18.6 Å². The molecular formula is C10H15ClN4O3S. The molecule has 4 N–H and O–H groups in total. The predicted molar refractivity (Wildman–Crippen MR) is 71.2 cm³/mol. The summed E-state index contributed by atoms with van der Waals surface area (Å²) in [5, 5.41) is 0.144. The monoisotopic (exact) mass is 306 g/mol. The summed E-state index contributed by atoms with van der Waals surface area (Å²) in [6.45, 7) is 1.05. The molecule has 106 valence electrons. The molecule has 7 nitrogen and oxygen atoms in total. The molecule has 0 bridgehead atoms. The van der Waals surface area contributed by atoms with Crippen LogP contribution in [0.25, 0.3) is 0 Å². The third-order valence-electron chi connectivity index (χ3n) is 2.75. The molecule has 0 aromatic carbocycles. The van der Waals surface area contributed by atoms with Gasteiger partial charge in [0.25, 0.3) is 0 Å². The summed E-state index contributed by atoms with van der Waals surface area (Å²) in [7, 11) is -3.65. The van der Waals surface area contributed by atoms with Crippen LogP contribution in [0, 0.1) is 0 Å². The first-order chi connectivity index (χ1) is 9.03. The fraction of sp³-hybridized carbons (Fsp3) is 0.500. The van der Waals surface area contributed by atoms with E-state index >= 15 is 0 Å². The molecule has 0 spiro atoms. The zero-order chi connectivity index (χ0) is 13.9. The molecular weight excluding hydrogens is 292 g/mol. The van der Waals surface area contributed by atoms with Crippen LogP contribution in [-0.2, 0) is 14.8 Å². The van der Waals surface area contributed by atoms with E-state index in [1.807, 2.05) is 0 Å². The molecule has 1 unspecified atom stereocenters. The second kappa shape index (κ2) is 6.02. The number of rotatable bonds is 4. The number of aromatic nitrogens is 1. The van der Waals surface area contributed by atoms with E-state index in [4.69, 9.17) is 22.2 Å². The van der Waals surface area contributed by atoms with Gasteiger partial charge in [0.15, 0.2) is 5.82 Å². The van der Waals surface area contributed by atoms with E-state index in [1.165, 1.54) is 12.3 Å². The minimum Gasteiger partial charge on any atom is -0.380 e. The Morgan fingerprint density at radius 2 is 2.32 bits per heavy atom. The van der Waals surface area contributed by atoms with E-state index in [0.29, 0.717) is 13.2 Å². The van der Waals surface area contributed by atoms with Crippen molar-refractivity contribution in [3.63, 3.8) is 0 Å². The van der Waals surface area contributed by atoms with Gasteiger partial charge in [-0.05, 0) is 18.9 Å². The van der Waals surface area contributed by atoms with Gasteiger partial charge >= 0.3 is 0 Å². The van der Waals surface area contributed by atoms with E-state index in [1.54, 1.807) is 0 Å². The number of halogens is 1. The molecule has 0 aliphatic carbocycles. The van der Waals surface area contributed by atoms with Crippen LogP contribution in [0.15, 0.2) is 17.2 Å². The fourth-order valence-corrected chi connectivity index (χ4v) is 3.31. The minimum atomic E-state index is -3.65. The lowest BCUT2D eigenvalue weighted by atomic mass is 10.1. The lowest BCUT2D eigenvalue weighted by Crippen LogP contribution is -2.40. The highest BCUT2D eigenvalue weighted by molar-refractivity contribution is 7.89. The smallest absolute Gasteiger partial charge is 0.242 e. The quantitative estimate of drug-likeness (QED) is 0.552. The summed E-state index contributed by atoms with van der Waals surface area (Å²) >= 11 is 5.86. The average Bonchev–Trinajstić information content (AvgIpc) is 2.39. The highest BCUT2D eigenvalue weighted by Gasteiger charge is 2.23. The van der Waals surface area contributed by atoms with Crippen LogP contribution in [0.4, 0.5) is 5.82 Å². The number of hydrogen-bond donors (Lipinski definition) is 3. The highest BCUT2D eigenvalue weighted by Crippen LogP contribution is 2.22. The topological polar surface area (TPSA) is 106 Å². The normalized spacial score (nSPS) is 20.2. The number of sulfonamides is 1. The lowest BCUT2D eigenvalue weighted by molar-refractivity contribution is 0.0774. The zero-order valence-electron chi connectivity index (χ0n) is 10.1. The Balaban J connectivity index is 2.16. The fourth-order valence-electron chi connectivity index (χ4n) is 1.79. The Kier molecular flexibility index (Phi) is 4.58. The van der Waals surface area contributed by atoms with Gasteiger partial charge in [-0.15, -0.1) is 0 Å². The summed E-state index contributed by atoms with van der Waals surface area (Å²) in [5.74, 6) is 5.40. The molecule has 0 amide bonds. The van der Waals surface area contributed by atoms with E-state index in [0.717, 1.165) is 12.8 Å². The van der Waals surface area contributed by atoms with Gasteiger partial charge in [-0.1, -0.05) is 11.6 Å². The Labute approximate surface area is 116 Å². The second-order valence-electron chi connectivity index (χ2n) is 4.18. The van der Waals surface area contributed by atoms with Crippen LogP contribution in [0.3, 0.4) is 0 Å². The molecule has 0 saturated carbocycles. The van der Waals surface area contributed by atoms with Gasteiger partial charge in [0.1, 0.15) is 4.90 Å². The maximum atomic E-state index is 12.1. The molecule has 1 aromatic heterocycles. The molecule has 1 saturated heterocycles. The van der Waals surface area contributed by atoms with Crippen LogP contribution in [0.5, 0.6) is 0 Å². The molecule has 9 heteroatoms. The highest BCUT2D eigenvalue weighted by atomic mass is 35.5. The van der Waals surface area contributed by atoms with Gasteiger partial charge in [-0.2, -0.15) is 0 Å². The van der Waals surface area contributed by atoms with Gasteiger partial charge in [-0.3, -0.25) is 0 Å². The number of hydrogen-bond acceptors (Lipinski definition) is 6. The predicted octanol–water partition coefficient (Wildman–Crippen LogP) is 0.478. The van der Waals surface area contributed by atoms with Crippen LogP contribution >= 0.6 is 11.6 Å². The van der Waals surface area contributed by atoms with Crippen molar-refractivity contribution >= 4 is 27.4 Å². The van der Waals surface area contributed by atoms with Gasteiger partial charge in [0.05, 0.1) is 11.6 Å². The summed E-state index contributed by atoms with van der Waals surface area (Å²) in [4.78, 5) is 3.84. The van der Waals surface area contributed by atoms with Crippen molar-refractivity contribution in [1.82, 2.24) is 9.71 Å². The Morgan fingerprint density at radius 3 is 2.89 bits per heavy atom. The van der Waals surface area contributed by atoms with Gasteiger partial charge in [0.2, 0.25) is 10.0 Å². The minimum absolute atomic E-state index is 0.00192. The third kappa shape index (κ3) is 3.54. The molecule has 1 aliphatic rings. The Bertz CT molecular complexity index is 546. The summed E-state index contributed by atoms with van der Waals surface area (Å²) in [6, 6.07) is 1.08. The molecule has 2 rings (SSSR count). The first kappa shape index (κ1) is 14.5. The number of nitrogen functional groups attached to an aromatic ring is 1. The average molecular weight is 307 g/mol. The van der Waals surface area contributed by atoms with Crippen molar-refractivity contribution in [2.24, 2.45) is 5.84 Å². The SMILES string of the molecule is NNc1ncc(S(=O)(=O)NC2CCCOC2)cc1Cl. The Morgan fingerprint density at radius 1 is 1.53 bits per heavy atom. The van der Waals surface area contributed by atoms with E-state index < -0.39 is 10.0 Å². The van der Waals surface area contributed by atoms with Crippen molar-refractivity contribution in [3.05, 3.63) is 17.3 Å². The number of ether oxygens (including phenoxy) is 1. The molecule has 1 fully saturated rings. The van der Waals surface area contributed by atoms with Crippen LogP contribution in [0.1, 0.15) is 12.8 Å². The van der Waals surface area contributed by atoms with Gasteiger partial charge < -0.3 is 10.2 Å². The number of hydrazine groups is 1. The van der Waals surface area contributed by atoms with Crippen LogP contribution in [0.2, 0.25) is 5.02 Å². The second-order valence-corrected chi connectivity index (χ2v) is 6.30. The third-order valence-corrected chi connectivity index (χ3v) is 4.52. The number of anilines is 1. The summed E-state index contributed by atoms with van der Waals surface area (Å²) in [6.07, 6.45) is 2.79. The number of nitrogens with two attached hydrogens (primary N) is 1. The first-order valence-corrected chi connectivity index (χ1v) is 7.61. The molecule has 2 heterocycles. The van der Waals surface area contributed by atoms with Crippen LogP contribution < -0.4 is 16.0 Å². The number of nitrogens with zero attached hydrogens (tertiary/aromatic N) is 1. The summed E-state index contributed by atoms with van der Waals surface area (Å²) < 4.78 is 32.1. The summed E-state index contributed by atoms with van der Waals surface area (Å²) in [5.41, 5.74) is 2.28. The van der Waals surface area contributed by atoms with Crippen molar-refractivity contribution in [2.45, 2.75) is 23.8 Å². The van der Waals surface area contributed by atoms with Crippen molar-refractivity contribution < 1.29 is 13.2 Å². The molecule has 1 atom stereocenters. The molecule has 1 aromatic rings. The lowest BCUT2D eigenvalue weighted by Gasteiger charge is -2.22. The van der Waals surface area contributed by atoms with Crippen molar-refractivity contribution in [1.29, 1.82) is 0 Å². The maximum absolute atomic E-state index is 12.1. The van der Waals surface area contributed by atoms with Gasteiger partial charge in [0, 0.05) is 18.8 Å². The maximum Gasteiger partial charge on any atom is 0.242 e. The van der Waals surface area contributed by atoms with E-state index in [2.05, 4.69) is 15.1 Å². The number of pyridine rings is 1. The van der Waals surface area contributed by atoms with E-state index in [9.17, 15) is 8.42 Å². The molecule has 1 aliphatic heterocycles. The van der Waals surface area contributed by atoms with Crippen LogP contribution in [-0.4, -0.2) is 32.7 Å². The Hall–Kier alpha value is -0.930. The molecule has 0 radical (unpaired) electrons. The number of nitrogens with one attached hydrogen (secondary N) is 2. The van der Waals surface area contributed by atoms with Gasteiger partial charge in [-0.25, -0.2) is 24.0 Å².